The Bertz CT molecular complexity index is 193. The van der Waals surface area contributed by atoms with E-state index in [-0.39, 0.29) is 5.84 Å². The van der Waals surface area contributed by atoms with Gasteiger partial charge in [-0.1, -0.05) is 0 Å². The second-order valence-corrected chi connectivity index (χ2v) is 3.32. The standard InChI is InChI=1S/C7H15N3O2/c1-7(2,3)9-5(10-12)6(11)8-4/h12H,1-4H3,(H,8,11)(H,9,10). The number of likely N-dealkylation sites (N-methyl/N-ethyl adjacent to an activating group) is 1. The summed E-state index contributed by atoms with van der Waals surface area (Å²) in [6.45, 7) is 5.48. The van der Waals surface area contributed by atoms with E-state index in [0.717, 1.165) is 0 Å². The Morgan fingerprint density at radius 3 is 2.17 bits per heavy atom. The van der Waals surface area contributed by atoms with E-state index in [1.165, 1.54) is 7.05 Å². The van der Waals surface area contributed by atoms with Crippen molar-refractivity contribution < 1.29 is 10.0 Å². The molecule has 0 aromatic rings. The maximum Gasteiger partial charge on any atom is 0.288 e. The van der Waals surface area contributed by atoms with Gasteiger partial charge in [0, 0.05) is 7.05 Å². The smallest absolute Gasteiger partial charge is 0.288 e. The van der Waals surface area contributed by atoms with Gasteiger partial charge < -0.3 is 5.32 Å². The molecule has 0 aliphatic carbocycles. The molecule has 0 saturated heterocycles. The lowest BCUT2D eigenvalue weighted by atomic mass is 10.1. The monoisotopic (exact) mass is 173 g/mol. The van der Waals surface area contributed by atoms with Gasteiger partial charge in [0.2, 0.25) is 5.84 Å². The lowest BCUT2D eigenvalue weighted by Crippen LogP contribution is -2.38. The van der Waals surface area contributed by atoms with Crippen molar-refractivity contribution in [3.05, 3.63) is 0 Å². The zero-order valence-electron chi connectivity index (χ0n) is 7.80. The summed E-state index contributed by atoms with van der Waals surface area (Å²) in [6.07, 6.45) is 0. The topological polar surface area (TPSA) is 73.7 Å². The highest BCUT2D eigenvalue weighted by Crippen LogP contribution is 2.05. The summed E-state index contributed by atoms with van der Waals surface area (Å²) in [5.41, 5.74) is 1.36. The van der Waals surface area contributed by atoms with E-state index in [1.807, 2.05) is 20.8 Å². The van der Waals surface area contributed by atoms with Crippen molar-refractivity contribution in [2.24, 2.45) is 4.99 Å². The summed E-state index contributed by atoms with van der Waals surface area (Å²) >= 11 is 0. The normalized spacial score (nSPS) is 12.6. The van der Waals surface area contributed by atoms with Gasteiger partial charge in [-0.25, -0.2) is 5.48 Å². The van der Waals surface area contributed by atoms with Crippen LogP contribution >= 0.6 is 0 Å². The van der Waals surface area contributed by atoms with Crippen molar-refractivity contribution in [1.29, 1.82) is 0 Å². The van der Waals surface area contributed by atoms with Crippen molar-refractivity contribution in [1.82, 2.24) is 10.8 Å². The Kier molecular flexibility index (Phi) is 3.69. The van der Waals surface area contributed by atoms with Crippen molar-refractivity contribution in [2.75, 3.05) is 7.05 Å². The van der Waals surface area contributed by atoms with Crippen molar-refractivity contribution in [2.45, 2.75) is 26.3 Å². The molecule has 12 heavy (non-hydrogen) atoms. The number of carbonyl (C=O) groups excluding carboxylic acids is 1. The van der Waals surface area contributed by atoms with Crippen LogP contribution in [-0.2, 0) is 4.79 Å². The van der Waals surface area contributed by atoms with Crippen molar-refractivity contribution in [3.63, 3.8) is 0 Å². The van der Waals surface area contributed by atoms with Crippen LogP contribution in [0.3, 0.4) is 0 Å². The second-order valence-electron chi connectivity index (χ2n) is 3.32. The number of amidine groups is 1. The average Bonchev–Trinajstić information content (AvgIpc) is 1.97. The molecule has 0 spiro atoms. The third-order valence-corrected chi connectivity index (χ3v) is 0.995. The van der Waals surface area contributed by atoms with Crippen LogP contribution < -0.4 is 10.8 Å². The number of hydrogen-bond acceptors (Lipinski definition) is 3. The molecule has 0 rings (SSSR count). The number of carbonyl (C=O) groups is 1. The van der Waals surface area contributed by atoms with Gasteiger partial charge in [0.25, 0.3) is 5.91 Å². The van der Waals surface area contributed by atoms with Gasteiger partial charge in [0.1, 0.15) is 0 Å². The van der Waals surface area contributed by atoms with Gasteiger partial charge >= 0.3 is 0 Å². The summed E-state index contributed by atoms with van der Waals surface area (Å²) < 4.78 is 0. The van der Waals surface area contributed by atoms with Crippen molar-refractivity contribution >= 4 is 11.7 Å². The zero-order valence-corrected chi connectivity index (χ0v) is 7.80. The summed E-state index contributed by atoms with van der Waals surface area (Å²) in [5.74, 6) is -0.516. The van der Waals surface area contributed by atoms with Gasteiger partial charge in [-0.05, 0) is 20.8 Å². The molecule has 0 atom stereocenters. The largest absolute Gasteiger partial charge is 0.352 e. The third kappa shape index (κ3) is 3.92. The summed E-state index contributed by atoms with van der Waals surface area (Å²) in [6, 6.07) is 0. The van der Waals surface area contributed by atoms with E-state index in [4.69, 9.17) is 5.21 Å². The Morgan fingerprint density at radius 2 is 1.92 bits per heavy atom. The molecule has 0 radical (unpaired) electrons. The Hall–Kier alpha value is -1.10. The number of hydroxylamine groups is 1. The Morgan fingerprint density at radius 1 is 1.42 bits per heavy atom. The lowest BCUT2D eigenvalue weighted by Gasteiger charge is -2.13. The maximum absolute atomic E-state index is 11.0. The molecule has 0 fully saturated rings. The first-order valence-corrected chi connectivity index (χ1v) is 3.62. The average molecular weight is 173 g/mol. The van der Waals surface area contributed by atoms with Crippen LogP contribution in [0.2, 0.25) is 0 Å². The maximum atomic E-state index is 11.0. The molecule has 0 saturated carbocycles. The van der Waals surface area contributed by atoms with E-state index in [0.29, 0.717) is 0 Å². The van der Waals surface area contributed by atoms with E-state index in [2.05, 4.69) is 10.3 Å². The summed E-state index contributed by atoms with van der Waals surface area (Å²) in [5, 5.41) is 10.9. The van der Waals surface area contributed by atoms with Crippen LogP contribution in [0, 0.1) is 0 Å². The second kappa shape index (κ2) is 4.06. The molecule has 0 aliphatic heterocycles. The van der Waals surface area contributed by atoms with Crippen LogP contribution in [0.25, 0.3) is 0 Å². The minimum absolute atomic E-state index is 0.0787. The minimum atomic E-state index is -0.438. The molecule has 0 aliphatic rings. The highest BCUT2D eigenvalue weighted by Gasteiger charge is 2.14. The Labute approximate surface area is 71.8 Å². The van der Waals surface area contributed by atoms with Crippen molar-refractivity contribution in [3.8, 4) is 0 Å². The number of aliphatic imine (C=N–C) groups is 1. The fourth-order valence-corrected chi connectivity index (χ4v) is 0.580. The van der Waals surface area contributed by atoms with Crippen LogP contribution in [0.15, 0.2) is 4.99 Å². The van der Waals surface area contributed by atoms with E-state index in [9.17, 15) is 4.79 Å². The molecule has 3 N–H and O–H groups in total. The molecule has 5 nitrogen and oxygen atoms in total. The van der Waals surface area contributed by atoms with Gasteiger partial charge in [-0.2, -0.15) is 0 Å². The van der Waals surface area contributed by atoms with Crippen LogP contribution in [-0.4, -0.2) is 29.5 Å². The molecular formula is C7H15N3O2. The van der Waals surface area contributed by atoms with E-state index < -0.39 is 11.4 Å². The van der Waals surface area contributed by atoms with Gasteiger partial charge in [-0.15, -0.1) is 0 Å². The van der Waals surface area contributed by atoms with Crippen LogP contribution in [0.5, 0.6) is 0 Å². The van der Waals surface area contributed by atoms with Crippen LogP contribution in [0.1, 0.15) is 20.8 Å². The highest BCUT2D eigenvalue weighted by atomic mass is 16.5. The number of nitrogens with zero attached hydrogens (tertiary/aromatic N) is 1. The predicted molar refractivity (Wildman–Crippen MR) is 46.2 cm³/mol. The lowest BCUT2D eigenvalue weighted by molar-refractivity contribution is -0.115. The molecule has 0 unspecified atom stereocenters. The number of hydrogen-bond donors (Lipinski definition) is 3. The molecule has 70 valence electrons. The third-order valence-electron chi connectivity index (χ3n) is 0.995. The SMILES string of the molecule is CNC(=O)C(=NC(C)(C)C)NO. The van der Waals surface area contributed by atoms with Gasteiger partial charge in [0.15, 0.2) is 0 Å². The quantitative estimate of drug-likeness (QED) is 0.272. The molecular weight excluding hydrogens is 158 g/mol. The first-order valence-electron chi connectivity index (χ1n) is 3.62. The van der Waals surface area contributed by atoms with E-state index in [1.54, 1.807) is 5.48 Å². The molecule has 0 aromatic carbocycles. The molecule has 5 heteroatoms. The minimum Gasteiger partial charge on any atom is -0.352 e. The summed E-state index contributed by atoms with van der Waals surface area (Å²) in [7, 11) is 1.47. The fourth-order valence-electron chi connectivity index (χ4n) is 0.580. The summed E-state index contributed by atoms with van der Waals surface area (Å²) in [4.78, 5) is 14.9. The molecule has 0 bridgehead atoms. The predicted octanol–water partition coefficient (Wildman–Crippen LogP) is -0.0918. The van der Waals surface area contributed by atoms with Gasteiger partial charge in [0.05, 0.1) is 5.54 Å². The molecule has 1 amide bonds. The highest BCUT2D eigenvalue weighted by molar-refractivity contribution is 6.37. The fraction of sp³-hybridized carbons (Fsp3) is 0.714. The zero-order chi connectivity index (χ0) is 9.78. The first-order chi connectivity index (χ1) is 5.40. The number of nitrogens with one attached hydrogen (secondary N) is 2. The number of rotatable bonds is 0. The Balaban J connectivity index is 4.55. The first kappa shape index (κ1) is 10.9. The van der Waals surface area contributed by atoms with Gasteiger partial charge in [-0.3, -0.25) is 15.0 Å². The molecule has 0 heterocycles. The van der Waals surface area contributed by atoms with E-state index >= 15 is 0 Å². The molecule has 0 aromatic heterocycles. The van der Waals surface area contributed by atoms with Crippen LogP contribution in [0.4, 0.5) is 0 Å². The number of amides is 1.